The quantitative estimate of drug-likeness (QED) is 0.867. The summed E-state index contributed by atoms with van der Waals surface area (Å²) in [6, 6.07) is 9.15. The second-order valence-electron chi connectivity index (χ2n) is 6.99. The SMILES string of the molecule is Cc1cc(C(C)(C)C)ccc1OCCC(C#N)NC1CC1. The van der Waals surface area contributed by atoms with Crippen molar-refractivity contribution in [1.82, 2.24) is 5.32 Å². The zero-order chi connectivity index (χ0) is 15.5. The van der Waals surface area contributed by atoms with Crippen LogP contribution in [0.3, 0.4) is 0 Å². The van der Waals surface area contributed by atoms with Crippen molar-refractivity contribution in [3.63, 3.8) is 0 Å². The second kappa shape index (κ2) is 6.49. The van der Waals surface area contributed by atoms with Gasteiger partial charge in [-0.2, -0.15) is 5.26 Å². The third kappa shape index (κ3) is 4.75. The fourth-order valence-electron chi connectivity index (χ4n) is 2.28. The number of hydrogen-bond donors (Lipinski definition) is 1. The van der Waals surface area contributed by atoms with Crippen molar-refractivity contribution in [2.75, 3.05) is 6.61 Å². The molecule has 1 aliphatic carbocycles. The first-order chi connectivity index (χ1) is 9.90. The lowest BCUT2D eigenvalue weighted by Crippen LogP contribution is -2.31. The molecule has 2 rings (SSSR count). The van der Waals surface area contributed by atoms with E-state index in [0.29, 0.717) is 12.6 Å². The Morgan fingerprint density at radius 1 is 1.38 bits per heavy atom. The highest BCUT2D eigenvalue weighted by molar-refractivity contribution is 5.38. The summed E-state index contributed by atoms with van der Waals surface area (Å²) >= 11 is 0. The number of hydrogen-bond acceptors (Lipinski definition) is 3. The van der Waals surface area contributed by atoms with E-state index in [0.717, 1.165) is 17.7 Å². The molecule has 1 aromatic carbocycles. The molecule has 0 amide bonds. The van der Waals surface area contributed by atoms with E-state index < -0.39 is 0 Å². The van der Waals surface area contributed by atoms with Gasteiger partial charge in [0.15, 0.2) is 0 Å². The van der Waals surface area contributed by atoms with Gasteiger partial charge in [0.05, 0.1) is 18.7 Å². The van der Waals surface area contributed by atoms with Gasteiger partial charge < -0.3 is 4.74 Å². The molecule has 1 unspecified atom stereocenters. The van der Waals surface area contributed by atoms with Crippen molar-refractivity contribution in [2.45, 2.75) is 64.5 Å². The van der Waals surface area contributed by atoms with E-state index in [2.05, 4.69) is 51.2 Å². The molecule has 0 heterocycles. The van der Waals surface area contributed by atoms with E-state index >= 15 is 0 Å². The van der Waals surface area contributed by atoms with Crippen LogP contribution in [-0.4, -0.2) is 18.7 Å². The fraction of sp³-hybridized carbons (Fsp3) is 0.611. The van der Waals surface area contributed by atoms with Gasteiger partial charge in [0.2, 0.25) is 0 Å². The summed E-state index contributed by atoms with van der Waals surface area (Å²) in [5, 5.41) is 12.4. The lowest BCUT2D eigenvalue weighted by Gasteiger charge is -2.21. The molecule has 0 bridgehead atoms. The number of rotatable bonds is 6. The Balaban J connectivity index is 1.86. The summed E-state index contributed by atoms with van der Waals surface area (Å²) in [5.74, 6) is 0.922. The molecule has 0 saturated heterocycles. The van der Waals surface area contributed by atoms with E-state index in [-0.39, 0.29) is 11.5 Å². The molecule has 3 heteroatoms. The molecular formula is C18H26N2O. The number of benzene rings is 1. The van der Waals surface area contributed by atoms with Gasteiger partial charge in [0, 0.05) is 12.5 Å². The molecule has 1 N–H and O–H groups in total. The Hall–Kier alpha value is -1.53. The summed E-state index contributed by atoms with van der Waals surface area (Å²) in [6.07, 6.45) is 3.13. The van der Waals surface area contributed by atoms with Crippen LogP contribution in [0.15, 0.2) is 18.2 Å². The van der Waals surface area contributed by atoms with Crippen LogP contribution in [0.5, 0.6) is 5.75 Å². The minimum Gasteiger partial charge on any atom is -0.493 e. The van der Waals surface area contributed by atoms with Gasteiger partial charge in [-0.25, -0.2) is 0 Å². The van der Waals surface area contributed by atoms with Crippen molar-refractivity contribution in [1.29, 1.82) is 5.26 Å². The van der Waals surface area contributed by atoms with E-state index in [9.17, 15) is 0 Å². The van der Waals surface area contributed by atoms with Crippen LogP contribution >= 0.6 is 0 Å². The molecule has 1 aliphatic rings. The number of nitrogens with zero attached hydrogens (tertiary/aromatic N) is 1. The Bertz CT molecular complexity index is 521. The molecule has 0 spiro atoms. The van der Waals surface area contributed by atoms with Crippen molar-refractivity contribution in [3.8, 4) is 11.8 Å². The largest absolute Gasteiger partial charge is 0.493 e. The van der Waals surface area contributed by atoms with Gasteiger partial charge >= 0.3 is 0 Å². The Labute approximate surface area is 128 Å². The Morgan fingerprint density at radius 3 is 2.62 bits per heavy atom. The first kappa shape index (κ1) is 15.9. The van der Waals surface area contributed by atoms with Crippen LogP contribution in [0.25, 0.3) is 0 Å². The normalized spacial score (nSPS) is 16.3. The average molecular weight is 286 g/mol. The molecule has 0 aromatic heterocycles. The van der Waals surface area contributed by atoms with Crippen LogP contribution in [0.2, 0.25) is 0 Å². The molecule has 1 saturated carbocycles. The minimum atomic E-state index is -0.0911. The van der Waals surface area contributed by atoms with Crippen LogP contribution in [-0.2, 0) is 5.41 Å². The Morgan fingerprint density at radius 2 is 2.10 bits per heavy atom. The van der Waals surface area contributed by atoms with Gasteiger partial charge in [-0.05, 0) is 42.4 Å². The first-order valence-corrected chi connectivity index (χ1v) is 7.80. The highest BCUT2D eigenvalue weighted by Crippen LogP contribution is 2.27. The number of aryl methyl sites for hydroxylation is 1. The van der Waals surface area contributed by atoms with Crippen LogP contribution in [0.4, 0.5) is 0 Å². The summed E-state index contributed by atoms with van der Waals surface area (Å²) in [6.45, 7) is 9.29. The van der Waals surface area contributed by atoms with Gasteiger partial charge in [0.25, 0.3) is 0 Å². The van der Waals surface area contributed by atoms with E-state index in [1.807, 2.05) is 6.07 Å². The average Bonchev–Trinajstić information content (AvgIpc) is 3.22. The van der Waals surface area contributed by atoms with E-state index in [1.165, 1.54) is 18.4 Å². The summed E-state index contributed by atoms with van der Waals surface area (Å²) < 4.78 is 5.85. The number of nitrogens with one attached hydrogen (secondary N) is 1. The molecule has 3 nitrogen and oxygen atoms in total. The fourth-order valence-corrected chi connectivity index (χ4v) is 2.28. The molecule has 1 aromatic rings. The summed E-state index contributed by atoms with van der Waals surface area (Å²) in [5.41, 5.74) is 2.63. The molecule has 0 radical (unpaired) electrons. The van der Waals surface area contributed by atoms with Crippen LogP contribution in [0.1, 0.15) is 51.2 Å². The summed E-state index contributed by atoms with van der Waals surface area (Å²) in [4.78, 5) is 0. The molecule has 1 atom stereocenters. The van der Waals surface area contributed by atoms with Crippen molar-refractivity contribution in [2.24, 2.45) is 0 Å². The predicted octanol–water partition coefficient (Wildman–Crippen LogP) is 3.71. The highest BCUT2D eigenvalue weighted by atomic mass is 16.5. The Kier molecular flexibility index (Phi) is 4.90. The van der Waals surface area contributed by atoms with Crippen LogP contribution < -0.4 is 10.1 Å². The van der Waals surface area contributed by atoms with Gasteiger partial charge in [-0.1, -0.05) is 32.9 Å². The molecule has 1 fully saturated rings. The highest BCUT2D eigenvalue weighted by Gasteiger charge is 2.24. The molecule has 0 aliphatic heterocycles. The smallest absolute Gasteiger partial charge is 0.122 e. The zero-order valence-corrected chi connectivity index (χ0v) is 13.6. The van der Waals surface area contributed by atoms with E-state index in [1.54, 1.807) is 0 Å². The third-order valence-electron chi connectivity index (χ3n) is 3.88. The van der Waals surface area contributed by atoms with Crippen LogP contribution in [0, 0.1) is 18.3 Å². The van der Waals surface area contributed by atoms with Crippen molar-refractivity contribution >= 4 is 0 Å². The van der Waals surface area contributed by atoms with E-state index in [4.69, 9.17) is 10.00 Å². The number of ether oxygens (including phenoxy) is 1. The molecule has 114 valence electrons. The van der Waals surface area contributed by atoms with Crippen molar-refractivity contribution < 1.29 is 4.74 Å². The zero-order valence-electron chi connectivity index (χ0n) is 13.6. The first-order valence-electron chi connectivity index (χ1n) is 7.80. The lowest BCUT2D eigenvalue weighted by molar-refractivity contribution is 0.295. The maximum atomic E-state index is 9.11. The molecule has 21 heavy (non-hydrogen) atoms. The maximum absolute atomic E-state index is 9.11. The third-order valence-corrected chi connectivity index (χ3v) is 3.88. The second-order valence-corrected chi connectivity index (χ2v) is 6.99. The standard InChI is InChI=1S/C18H26N2O/c1-13-11-14(18(2,3)4)5-8-17(13)21-10-9-16(12-19)20-15-6-7-15/h5,8,11,15-16,20H,6-7,9-10H2,1-4H3. The number of nitriles is 1. The summed E-state index contributed by atoms with van der Waals surface area (Å²) in [7, 11) is 0. The van der Waals surface area contributed by atoms with Gasteiger partial charge in [-0.3, -0.25) is 5.32 Å². The minimum absolute atomic E-state index is 0.0911. The molecular weight excluding hydrogens is 260 g/mol. The van der Waals surface area contributed by atoms with Gasteiger partial charge in [-0.15, -0.1) is 0 Å². The maximum Gasteiger partial charge on any atom is 0.122 e. The van der Waals surface area contributed by atoms with Gasteiger partial charge in [0.1, 0.15) is 5.75 Å². The predicted molar refractivity (Wildman–Crippen MR) is 85.5 cm³/mol. The van der Waals surface area contributed by atoms with Crippen molar-refractivity contribution in [3.05, 3.63) is 29.3 Å². The lowest BCUT2D eigenvalue weighted by atomic mass is 9.86. The monoisotopic (exact) mass is 286 g/mol. The topological polar surface area (TPSA) is 45.0 Å².